The lowest BCUT2D eigenvalue weighted by molar-refractivity contribution is -0.194. The predicted molar refractivity (Wildman–Crippen MR) is 76.8 cm³/mol. The van der Waals surface area contributed by atoms with Crippen LogP contribution in [0.25, 0.3) is 0 Å². The highest BCUT2D eigenvalue weighted by Gasteiger charge is 2.45. The van der Waals surface area contributed by atoms with Gasteiger partial charge >= 0.3 is 0 Å². The molecule has 2 atom stereocenters. The van der Waals surface area contributed by atoms with E-state index in [1.165, 1.54) is 32.1 Å². The summed E-state index contributed by atoms with van der Waals surface area (Å²) in [6, 6.07) is 0. The molecule has 1 aliphatic carbocycles. The molecular formula is C16H31NO. The summed E-state index contributed by atoms with van der Waals surface area (Å²) in [7, 11) is 0. The van der Waals surface area contributed by atoms with Crippen molar-refractivity contribution in [3.8, 4) is 0 Å². The Morgan fingerprint density at radius 3 is 2.33 bits per heavy atom. The molecule has 18 heavy (non-hydrogen) atoms. The Balaban J connectivity index is 2.11. The number of nitrogens with one attached hydrogen (secondary N) is 1. The predicted octanol–water partition coefficient (Wildman–Crippen LogP) is 3.75. The normalized spacial score (nSPS) is 41.0. The van der Waals surface area contributed by atoms with E-state index in [2.05, 4.69) is 39.9 Å². The van der Waals surface area contributed by atoms with Crippen LogP contribution in [0, 0.1) is 11.3 Å². The Kier molecular flexibility index (Phi) is 3.81. The SMILES string of the molecule is CC(C)C1(C)CNCC2(CCCC(C)(C)CC2)O1. The molecule has 2 fully saturated rings. The summed E-state index contributed by atoms with van der Waals surface area (Å²) in [6.45, 7) is 13.7. The Bertz CT molecular complexity index is 299. The lowest BCUT2D eigenvalue weighted by Crippen LogP contribution is -2.61. The molecule has 1 saturated carbocycles. The fraction of sp³-hybridized carbons (Fsp3) is 1.00. The summed E-state index contributed by atoms with van der Waals surface area (Å²) < 4.78 is 6.67. The Hall–Kier alpha value is -0.0800. The minimum Gasteiger partial charge on any atom is -0.366 e. The van der Waals surface area contributed by atoms with Gasteiger partial charge < -0.3 is 10.1 Å². The molecule has 1 heterocycles. The van der Waals surface area contributed by atoms with Crippen LogP contribution in [0.1, 0.15) is 66.7 Å². The van der Waals surface area contributed by atoms with Gasteiger partial charge in [-0.1, -0.05) is 34.1 Å². The minimum absolute atomic E-state index is 0.00668. The Morgan fingerprint density at radius 1 is 0.944 bits per heavy atom. The van der Waals surface area contributed by atoms with Crippen molar-refractivity contribution in [3.63, 3.8) is 0 Å². The fourth-order valence-electron chi connectivity index (χ4n) is 3.41. The molecule has 0 aromatic heterocycles. The van der Waals surface area contributed by atoms with Crippen molar-refractivity contribution in [2.24, 2.45) is 11.3 Å². The number of morpholine rings is 1. The summed E-state index contributed by atoms with van der Waals surface area (Å²) in [5.41, 5.74) is 0.607. The molecule has 2 aliphatic rings. The average molecular weight is 253 g/mol. The first-order valence-corrected chi connectivity index (χ1v) is 7.68. The number of hydrogen-bond donors (Lipinski definition) is 1. The molecule has 2 unspecified atom stereocenters. The van der Waals surface area contributed by atoms with Gasteiger partial charge in [0, 0.05) is 13.1 Å². The van der Waals surface area contributed by atoms with Crippen molar-refractivity contribution < 1.29 is 4.74 Å². The highest BCUT2D eigenvalue weighted by Crippen LogP contribution is 2.43. The molecule has 0 radical (unpaired) electrons. The topological polar surface area (TPSA) is 21.3 Å². The molecule has 1 N–H and O–H groups in total. The van der Waals surface area contributed by atoms with Gasteiger partial charge in [-0.3, -0.25) is 0 Å². The van der Waals surface area contributed by atoms with Crippen LogP contribution in [0.3, 0.4) is 0 Å². The highest BCUT2D eigenvalue weighted by molar-refractivity contribution is 4.98. The largest absolute Gasteiger partial charge is 0.366 e. The standard InChI is InChI=1S/C16H31NO/c1-13(2)15(5)11-17-12-16(18-15)8-6-7-14(3,4)9-10-16/h13,17H,6-12H2,1-5H3. The zero-order chi connectivity index (χ0) is 13.4. The summed E-state index contributed by atoms with van der Waals surface area (Å²) in [5.74, 6) is 0.568. The van der Waals surface area contributed by atoms with Crippen LogP contribution in [0.2, 0.25) is 0 Å². The van der Waals surface area contributed by atoms with E-state index < -0.39 is 0 Å². The van der Waals surface area contributed by atoms with Gasteiger partial charge in [-0.15, -0.1) is 0 Å². The van der Waals surface area contributed by atoms with Gasteiger partial charge in [0.15, 0.2) is 0 Å². The molecule has 0 aromatic carbocycles. The van der Waals surface area contributed by atoms with Gasteiger partial charge in [-0.05, 0) is 43.9 Å². The first-order valence-electron chi connectivity index (χ1n) is 7.68. The van der Waals surface area contributed by atoms with Crippen LogP contribution < -0.4 is 5.32 Å². The van der Waals surface area contributed by atoms with E-state index in [4.69, 9.17) is 4.74 Å². The molecule has 0 aromatic rings. The molecule has 0 bridgehead atoms. The van der Waals surface area contributed by atoms with E-state index in [9.17, 15) is 0 Å². The zero-order valence-electron chi connectivity index (χ0n) is 12.9. The van der Waals surface area contributed by atoms with Crippen molar-refractivity contribution in [3.05, 3.63) is 0 Å². The number of hydrogen-bond acceptors (Lipinski definition) is 2. The Labute approximate surface area is 113 Å². The summed E-state index contributed by atoms with van der Waals surface area (Å²) in [5, 5.41) is 3.65. The molecule has 1 spiro atoms. The van der Waals surface area contributed by atoms with Crippen LogP contribution >= 0.6 is 0 Å². The smallest absolute Gasteiger partial charge is 0.0814 e. The lowest BCUT2D eigenvalue weighted by atomic mass is 9.82. The maximum Gasteiger partial charge on any atom is 0.0814 e. The van der Waals surface area contributed by atoms with Gasteiger partial charge in [0.1, 0.15) is 0 Å². The molecule has 2 nitrogen and oxygen atoms in total. The second kappa shape index (κ2) is 4.79. The summed E-state index contributed by atoms with van der Waals surface area (Å²) >= 11 is 0. The molecule has 106 valence electrons. The molecule has 2 heteroatoms. The first-order chi connectivity index (χ1) is 8.27. The molecule has 2 rings (SSSR count). The van der Waals surface area contributed by atoms with E-state index >= 15 is 0 Å². The summed E-state index contributed by atoms with van der Waals surface area (Å²) in [6.07, 6.45) is 6.39. The van der Waals surface area contributed by atoms with Crippen molar-refractivity contribution in [2.45, 2.75) is 77.9 Å². The monoisotopic (exact) mass is 253 g/mol. The quantitative estimate of drug-likeness (QED) is 0.768. The van der Waals surface area contributed by atoms with Gasteiger partial charge in [0.25, 0.3) is 0 Å². The van der Waals surface area contributed by atoms with Gasteiger partial charge in [0.2, 0.25) is 0 Å². The zero-order valence-corrected chi connectivity index (χ0v) is 12.9. The first kappa shape index (κ1) is 14.3. The maximum atomic E-state index is 6.67. The molecule has 1 aliphatic heterocycles. The third-order valence-corrected chi connectivity index (χ3v) is 5.34. The van der Waals surface area contributed by atoms with Gasteiger partial charge in [0.05, 0.1) is 11.2 Å². The Morgan fingerprint density at radius 2 is 1.67 bits per heavy atom. The van der Waals surface area contributed by atoms with Crippen LogP contribution in [-0.4, -0.2) is 24.3 Å². The van der Waals surface area contributed by atoms with Crippen molar-refractivity contribution >= 4 is 0 Å². The number of ether oxygens (including phenoxy) is 1. The highest BCUT2D eigenvalue weighted by atomic mass is 16.5. The molecule has 0 amide bonds. The van der Waals surface area contributed by atoms with E-state index in [0.29, 0.717) is 11.3 Å². The van der Waals surface area contributed by atoms with E-state index in [1.54, 1.807) is 0 Å². The third-order valence-electron chi connectivity index (χ3n) is 5.34. The van der Waals surface area contributed by atoms with Gasteiger partial charge in [-0.2, -0.15) is 0 Å². The van der Waals surface area contributed by atoms with Crippen molar-refractivity contribution in [1.29, 1.82) is 0 Å². The van der Waals surface area contributed by atoms with Crippen LogP contribution in [0.4, 0.5) is 0 Å². The maximum absolute atomic E-state index is 6.67. The fourth-order valence-corrected chi connectivity index (χ4v) is 3.41. The lowest BCUT2D eigenvalue weighted by Gasteiger charge is -2.49. The van der Waals surface area contributed by atoms with E-state index in [0.717, 1.165) is 13.1 Å². The second-order valence-corrected chi connectivity index (χ2v) is 7.87. The van der Waals surface area contributed by atoms with E-state index in [-0.39, 0.29) is 11.2 Å². The van der Waals surface area contributed by atoms with E-state index in [1.807, 2.05) is 0 Å². The molecular weight excluding hydrogens is 222 g/mol. The van der Waals surface area contributed by atoms with Crippen LogP contribution in [0.15, 0.2) is 0 Å². The number of rotatable bonds is 1. The second-order valence-electron chi connectivity index (χ2n) is 7.87. The van der Waals surface area contributed by atoms with Crippen molar-refractivity contribution in [1.82, 2.24) is 5.32 Å². The van der Waals surface area contributed by atoms with Crippen molar-refractivity contribution in [2.75, 3.05) is 13.1 Å². The van der Waals surface area contributed by atoms with Gasteiger partial charge in [-0.25, -0.2) is 0 Å². The summed E-state index contributed by atoms with van der Waals surface area (Å²) in [4.78, 5) is 0. The van der Waals surface area contributed by atoms with Crippen LogP contribution in [0.5, 0.6) is 0 Å². The minimum atomic E-state index is 0.00668. The average Bonchev–Trinajstić information content (AvgIpc) is 2.39. The third kappa shape index (κ3) is 2.91. The van der Waals surface area contributed by atoms with Crippen LogP contribution in [-0.2, 0) is 4.74 Å². The molecule has 1 saturated heterocycles.